The van der Waals surface area contributed by atoms with Crippen molar-refractivity contribution in [3.63, 3.8) is 0 Å². The molecule has 0 amide bonds. The molecule has 0 fully saturated rings. The highest BCUT2D eigenvalue weighted by atomic mass is 19.1. The van der Waals surface area contributed by atoms with Crippen LogP contribution in [-0.2, 0) is 0 Å². The van der Waals surface area contributed by atoms with E-state index in [-0.39, 0.29) is 11.1 Å². The minimum atomic E-state index is -1.32. The van der Waals surface area contributed by atoms with Gasteiger partial charge in [0.1, 0.15) is 17.1 Å². The van der Waals surface area contributed by atoms with E-state index in [0.29, 0.717) is 0 Å². The summed E-state index contributed by atoms with van der Waals surface area (Å²) in [5.41, 5.74) is 4.87. The molecule has 0 spiro atoms. The molecule has 1 aromatic rings. The minimum absolute atomic E-state index is 0.176. The molecule has 1 rings (SSSR count). The van der Waals surface area contributed by atoms with Gasteiger partial charge in [0, 0.05) is 11.6 Å². The largest absolute Gasteiger partial charge is 0.507 e. The average molecular weight is 199 g/mol. The first kappa shape index (κ1) is 10.5. The van der Waals surface area contributed by atoms with Crippen molar-refractivity contribution in [3.8, 4) is 5.75 Å². The summed E-state index contributed by atoms with van der Waals surface area (Å²) < 4.78 is 13.1. The van der Waals surface area contributed by atoms with Crippen LogP contribution in [-0.4, -0.2) is 16.2 Å². The van der Waals surface area contributed by atoms with Crippen LogP contribution in [0.25, 0.3) is 0 Å². The molecule has 0 saturated heterocycles. The first-order chi connectivity index (χ1) is 6.45. The van der Waals surface area contributed by atoms with E-state index in [1.165, 1.54) is 6.92 Å². The van der Waals surface area contributed by atoms with Crippen LogP contribution in [0, 0.1) is 5.82 Å². The molecule has 0 radical (unpaired) electrons. The van der Waals surface area contributed by atoms with Crippen LogP contribution < -0.4 is 5.73 Å². The lowest BCUT2D eigenvalue weighted by Crippen LogP contribution is -2.10. The van der Waals surface area contributed by atoms with Gasteiger partial charge in [0.25, 0.3) is 0 Å². The second kappa shape index (κ2) is 3.63. The standard InChI is InChI=1S/C9H10FNO3/c1-4(11)7-6(10)3-2-5(8(7)12)9(13)14/h2-4,12H,11H2,1H3,(H,13,14)/t4-/m1/s1. The van der Waals surface area contributed by atoms with E-state index in [2.05, 4.69) is 0 Å². The number of rotatable bonds is 2. The number of carboxylic acid groups (broad SMARTS) is 1. The van der Waals surface area contributed by atoms with Gasteiger partial charge in [-0.05, 0) is 19.1 Å². The average Bonchev–Trinajstić information content (AvgIpc) is 2.02. The van der Waals surface area contributed by atoms with Gasteiger partial charge in [0.05, 0.1) is 0 Å². The van der Waals surface area contributed by atoms with E-state index in [1.807, 2.05) is 0 Å². The van der Waals surface area contributed by atoms with Gasteiger partial charge in [-0.1, -0.05) is 0 Å². The quantitative estimate of drug-likeness (QED) is 0.669. The number of phenols is 1. The van der Waals surface area contributed by atoms with Crippen molar-refractivity contribution in [2.75, 3.05) is 0 Å². The van der Waals surface area contributed by atoms with Gasteiger partial charge in [-0.15, -0.1) is 0 Å². The Kier molecular flexibility index (Phi) is 2.71. The van der Waals surface area contributed by atoms with Crippen molar-refractivity contribution in [1.29, 1.82) is 0 Å². The highest BCUT2D eigenvalue weighted by Gasteiger charge is 2.19. The van der Waals surface area contributed by atoms with Crippen LogP contribution in [0.15, 0.2) is 12.1 Å². The zero-order valence-corrected chi connectivity index (χ0v) is 7.49. The third-order valence-corrected chi connectivity index (χ3v) is 1.85. The predicted octanol–water partition coefficient (Wildman–Crippen LogP) is 1.25. The van der Waals surface area contributed by atoms with E-state index < -0.39 is 23.6 Å². The molecular formula is C9H10FNO3. The fraction of sp³-hybridized carbons (Fsp3) is 0.222. The number of aromatic hydroxyl groups is 1. The number of aromatic carboxylic acids is 1. The summed E-state index contributed by atoms with van der Waals surface area (Å²) in [5, 5.41) is 18.0. The van der Waals surface area contributed by atoms with Crippen LogP contribution >= 0.6 is 0 Å². The SMILES string of the molecule is C[C@@H](N)c1c(F)ccc(C(=O)O)c1O. The van der Waals surface area contributed by atoms with E-state index in [4.69, 9.17) is 10.8 Å². The second-order valence-corrected chi connectivity index (χ2v) is 2.95. The molecule has 0 aliphatic carbocycles. The van der Waals surface area contributed by atoms with Crippen LogP contribution in [0.1, 0.15) is 28.9 Å². The summed E-state index contributed by atoms with van der Waals surface area (Å²) in [6.07, 6.45) is 0. The Morgan fingerprint density at radius 3 is 2.57 bits per heavy atom. The van der Waals surface area contributed by atoms with Gasteiger partial charge in [-0.3, -0.25) is 0 Å². The molecule has 4 N–H and O–H groups in total. The maximum atomic E-state index is 13.1. The zero-order chi connectivity index (χ0) is 10.9. The molecule has 0 heterocycles. The van der Waals surface area contributed by atoms with E-state index in [1.54, 1.807) is 0 Å². The lowest BCUT2D eigenvalue weighted by atomic mass is 10.0. The molecule has 0 aromatic heterocycles. The molecule has 5 heteroatoms. The summed E-state index contributed by atoms with van der Waals surface area (Å²) in [6, 6.07) is 1.22. The first-order valence-electron chi connectivity index (χ1n) is 3.95. The predicted molar refractivity (Wildman–Crippen MR) is 47.6 cm³/mol. The fourth-order valence-corrected chi connectivity index (χ4v) is 1.19. The zero-order valence-electron chi connectivity index (χ0n) is 7.49. The van der Waals surface area contributed by atoms with Crippen LogP contribution in [0.4, 0.5) is 4.39 Å². The molecular weight excluding hydrogens is 189 g/mol. The fourth-order valence-electron chi connectivity index (χ4n) is 1.19. The number of carbonyl (C=O) groups is 1. The van der Waals surface area contributed by atoms with Gasteiger partial charge in [0.15, 0.2) is 0 Å². The Hall–Kier alpha value is -1.62. The van der Waals surface area contributed by atoms with Crippen LogP contribution in [0.3, 0.4) is 0 Å². The van der Waals surface area contributed by atoms with Gasteiger partial charge in [0.2, 0.25) is 0 Å². The Labute approximate surface area is 79.8 Å². The maximum absolute atomic E-state index is 13.1. The number of hydrogen-bond acceptors (Lipinski definition) is 3. The van der Waals surface area contributed by atoms with Crippen molar-refractivity contribution in [3.05, 3.63) is 29.1 Å². The summed E-state index contributed by atoms with van der Waals surface area (Å²) in [7, 11) is 0. The summed E-state index contributed by atoms with van der Waals surface area (Å²) >= 11 is 0. The number of carboxylic acids is 1. The minimum Gasteiger partial charge on any atom is -0.507 e. The molecule has 0 unspecified atom stereocenters. The van der Waals surface area contributed by atoms with Crippen molar-refractivity contribution in [1.82, 2.24) is 0 Å². The molecule has 1 atom stereocenters. The number of benzene rings is 1. The van der Waals surface area contributed by atoms with E-state index in [0.717, 1.165) is 12.1 Å². The Bertz CT molecular complexity index is 377. The van der Waals surface area contributed by atoms with Crippen LogP contribution in [0.2, 0.25) is 0 Å². The first-order valence-corrected chi connectivity index (χ1v) is 3.95. The van der Waals surface area contributed by atoms with Crippen molar-refractivity contribution in [2.45, 2.75) is 13.0 Å². The number of hydrogen-bond donors (Lipinski definition) is 3. The molecule has 1 aromatic carbocycles. The Balaban J connectivity index is 3.41. The topological polar surface area (TPSA) is 83.6 Å². The highest BCUT2D eigenvalue weighted by molar-refractivity contribution is 5.91. The van der Waals surface area contributed by atoms with Crippen molar-refractivity contribution < 1.29 is 19.4 Å². The van der Waals surface area contributed by atoms with Crippen molar-refractivity contribution in [2.24, 2.45) is 5.73 Å². The monoisotopic (exact) mass is 199 g/mol. The Morgan fingerprint density at radius 2 is 2.14 bits per heavy atom. The summed E-state index contributed by atoms with van der Waals surface area (Å²) in [4.78, 5) is 10.6. The van der Waals surface area contributed by atoms with E-state index >= 15 is 0 Å². The van der Waals surface area contributed by atoms with Crippen LogP contribution in [0.5, 0.6) is 5.75 Å². The third kappa shape index (κ3) is 1.67. The lowest BCUT2D eigenvalue weighted by molar-refractivity contribution is 0.0693. The van der Waals surface area contributed by atoms with Crippen molar-refractivity contribution >= 4 is 5.97 Å². The molecule has 0 bridgehead atoms. The molecule has 4 nitrogen and oxygen atoms in total. The molecule has 14 heavy (non-hydrogen) atoms. The Morgan fingerprint density at radius 1 is 1.57 bits per heavy atom. The number of nitrogens with two attached hydrogens (primary N) is 1. The smallest absolute Gasteiger partial charge is 0.339 e. The summed E-state index contributed by atoms with van der Waals surface area (Å²) in [6.45, 7) is 1.46. The maximum Gasteiger partial charge on any atom is 0.339 e. The van der Waals surface area contributed by atoms with Gasteiger partial charge in [-0.25, -0.2) is 9.18 Å². The molecule has 0 aliphatic rings. The van der Waals surface area contributed by atoms with Gasteiger partial charge < -0.3 is 15.9 Å². The normalized spacial score (nSPS) is 12.5. The van der Waals surface area contributed by atoms with Gasteiger partial charge in [-0.2, -0.15) is 0 Å². The number of halogens is 1. The van der Waals surface area contributed by atoms with E-state index in [9.17, 15) is 14.3 Å². The van der Waals surface area contributed by atoms with Gasteiger partial charge >= 0.3 is 5.97 Å². The molecule has 76 valence electrons. The summed E-state index contributed by atoms with van der Waals surface area (Å²) in [5.74, 6) is -2.63. The second-order valence-electron chi connectivity index (χ2n) is 2.95. The highest BCUT2D eigenvalue weighted by Crippen LogP contribution is 2.29. The molecule has 0 saturated carbocycles. The molecule has 0 aliphatic heterocycles. The lowest BCUT2D eigenvalue weighted by Gasteiger charge is -2.11. The third-order valence-electron chi connectivity index (χ3n) is 1.85.